The van der Waals surface area contributed by atoms with Crippen LogP contribution >= 0.6 is 0 Å². The van der Waals surface area contributed by atoms with Gasteiger partial charge in [0.2, 0.25) is 0 Å². The van der Waals surface area contributed by atoms with Gasteiger partial charge in [-0.05, 0) is 43.0 Å². The Kier molecular flexibility index (Phi) is 4.66. The molecule has 6 rings (SSSR count). The Morgan fingerprint density at radius 2 is 2.07 bits per heavy atom. The molecule has 6 heterocycles. The number of piperidine rings is 1. The first kappa shape index (κ1) is 18.6. The number of rotatable bonds is 5. The zero-order chi connectivity index (χ0) is 20.1. The zero-order valence-corrected chi connectivity index (χ0v) is 17.3. The lowest BCUT2D eigenvalue weighted by atomic mass is 9.83. The highest BCUT2D eigenvalue weighted by molar-refractivity contribution is 5.42. The first-order chi connectivity index (χ1) is 14.7. The van der Waals surface area contributed by atoms with E-state index < -0.39 is 0 Å². The summed E-state index contributed by atoms with van der Waals surface area (Å²) in [7, 11) is 0. The second-order valence-corrected chi connectivity index (χ2v) is 9.41. The smallest absolute Gasteiger partial charge is 0.255 e. The fourth-order valence-electron chi connectivity index (χ4n) is 5.96. The number of fused-ring (bicyclic) bond motifs is 6. The van der Waals surface area contributed by atoms with Gasteiger partial charge in [0.15, 0.2) is 0 Å². The SMILES string of the molecule is O=c1c(CN2C[C@H]3C[C@@H]2CO3)ccc2n1C[C@H]1C[C@@H]2CN(C/C=C/c2ccco2)C1. The number of ether oxygens (including phenoxy) is 1. The molecule has 0 amide bonds. The maximum absolute atomic E-state index is 13.3. The average Bonchev–Trinajstić information content (AvgIpc) is 3.49. The highest BCUT2D eigenvalue weighted by Crippen LogP contribution is 2.35. The van der Waals surface area contributed by atoms with Gasteiger partial charge in [-0.2, -0.15) is 0 Å². The average molecular weight is 408 g/mol. The highest BCUT2D eigenvalue weighted by Gasteiger charge is 2.39. The summed E-state index contributed by atoms with van der Waals surface area (Å²) in [6.45, 7) is 6.42. The number of aromatic nitrogens is 1. The number of hydrogen-bond donors (Lipinski definition) is 0. The largest absolute Gasteiger partial charge is 0.465 e. The third-order valence-electron chi connectivity index (χ3n) is 7.33. The van der Waals surface area contributed by atoms with Crippen LogP contribution in [0.3, 0.4) is 0 Å². The van der Waals surface area contributed by atoms with E-state index in [9.17, 15) is 4.79 Å². The van der Waals surface area contributed by atoms with Crippen molar-refractivity contribution >= 4 is 6.08 Å². The van der Waals surface area contributed by atoms with Crippen molar-refractivity contribution in [2.75, 3.05) is 32.8 Å². The molecule has 0 N–H and O–H groups in total. The second kappa shape index (κ2) is 7.52. The number of likely N-dealkylation sites (tertiary alicyclic amines) is 2. The first-order valence-corrected chi connectivity index (χ1v) is 11.2. The summed E-state index contributed by atoms with van der Waals surface area (Å²) in [5.41, 5.74) is 2.41. The van der Waals surface area contributed by atoms with E-state index in [1.807, 2.05) is 18.2 Å². The lowest BCUT2D eigenvalue weighted by molar-refractivity contribution is 0.0270. The van der Waals surface area contributed by atoms with Gasteiger partial charge in [-0.15, -0.1) is 0 Å². The third-order valence-corrected chi connectivity index (χ3v) is 7.33. The van der Waals surface area contributed by atoms with Gasteiger partial charge >= 0.3 is 0 Å². The molecule has 0 aromatic carbocycles. The molecule has 4 aliphatic heterocycles. The summed E-state index contributed by atoms with van der Waals surface area (Å²) in [5.74, 6) is 1.90. The molecule has 2 aromatic rings. The molecular weight excluding hydrogens is 378 g/mol. The Morgan fingerprint density at radius 3 is 2.87 bits per heavy atom. The predicted molar refractivity (Wildman–Crippen MR) is 114 cm³/mol. The molecule has 0 unspecified atom stereocenters. The Balaban J connectivity index is 1.17. The fourth-order valence-corrected chi connectivity index (χ4v) is 5.96. The van der Waals surface area contributed by atoms with E-state index in [2.05, 4.69) is 32.6 Å². The molecule has 4 aliphatic rings. The summed E-state index contributed by atoms with van der Waals surface area (Å²) in [4.78, 5) is 18.2. The number of pyridine rings is 1. The standard InChI is InChI=1S/C24H29N3O3/c28-24-18(14-26-15-22-10-20(26)16-30-22)5-6-23-19-9-17(12-27(23)24)11-25(13-19)7-1-3-21-4-2-8-29-21/h1-6,8,17,19-20,22H,7,9-16H2/b3-1+/t17-,19+,20+,22+/m0/s1. The van der Waals surface area contributed by atoms with Crippen molar-refractivity contribution in [3.05, 3.63) is 64.0 Å². The molecule has 158 valence electrons. The topological polar surface area (TPSA) is 50.9 Å². The van der Waals surface area contributed by atoms with Crippen molar-refractivity contribution in [1.82, 2.24) is 14.4 Å². The molecule has 0 saturated carbocycles. The van der Waals surface area contributed by atoms with Gasteiger partial charge in [0.25, 0.3) is 5.56 Å². The molecule has 4 bridgehead atoms. The number of nitrogens with zero attached hydrogens (tertiary/aromatic N) is 3. The summed E-state index contributed by atoms with van der Waals surface area (Å²) in [6.07, 6.45) is 8.64. The van der Waals surface area contributed by atoms with Gasteiger partial charge < -0.3 is 13.7 Å². The zero-order valence-electron chi connectivity index (χ0n) is 17.3. The third kappa shape index (κ3) is 3.37. The maximum atomic E-state index is 13.3. The molecule has 3 fully saturated rings. The van der Waals surface area contributed by atoms with Crippen LogP contribution in [0.2, 0.25) is 0 Å². The van der Waals surface area contributed by atoms with Crippen LogP contribution < -0.4 is 5.56 Å². The van der Waals surface area contributed by atoms with Crippen LogP contribution in [-0.2, 0) is 17.8 Å². The van der Waals surface area contributed by atoms with Crippen molar-refractivity contribution in [2.24, 2.45) is 5.92 Å². The highest BCUT2D eigenvalue weighted by atomic mass is 16.5. The van der Waals surface area contributed by atoms with Crippen LogP contribution in [0, 0.1) is 5.92 Å². The molecule has 0 spiro atoms. The summed E-state index contributed by atoms with van der Waals surface area (Å²) >= 11 is 0. The quantitative estimate of drug-likeness (QED) is 0.763. The van der Waals surface area contributed by atoms with E-state index in [-0.39, 0.29) is 5.56 Å². The van der Waals surface area contributed by atoms with Gasteiger partial charge in [-0.3, -0.25) is 14.6 Å². The summed E-state index contributed by atoms with van der Waals surface area (Å²) in [6, 6.07) is 8.71. The Morgan fingerprint density at radius 1 is 1.10 bits per heavy atom. The first-order valence-electron chi connectivity index (χ1n) is 11.2. The monoisotopic (exact) mass is 407 g/mol. The predicted octanol–water partition coefficient (Wildman–Crippen LogP) is 2.55. The van der Waals surface area contributed by atoms with Gasteiger partial charge in [0, 0.05) is 62.5 Å². The van der Waals surface area contributed by atoms with Gasteiger partial charge in [0.05, 0.1) is 19.0 Å². The minimum Gasteiger partial charge on any atom is -0.465 e. The van der Waals surface area contributed by atoms with Crippen LogP contribution in [0.4, 0.5) is 0 Å². The Hall–Kier alpha value is -2.15. The van der Waals surface area contributed by atoms with Crippen molar-refractivity contribution < 1.29 is 9.15 Å². The van der Waals surface area contributed by atoms with Crippen LogP contribution in [0.25, 0.3) is 6.08 Å². The minimum absolute atomic E-state index is 0.233. The lowest BCUT2D eigenvalue weighted by Gasteiger charge is -2.42. The molecular formula is C24H29N3O3. The van der Waals surface area contributed by atoms with Crippen molar-refractivity contribution in [1.29, 1.82) is 0 Å². The van der Waals surface area contributed by atoms with Gasteiger partial charge in [-0.25, -0.2) is 0 Å². The minimum atomic E-state index is 0.233. The van der Waals surface area contributed by atoms with Crippen LogP contribution in [0.15, 0.2) is 45.8 Å². The van der Waals surface area contributed by atoms with E-state index in [4.69, 9.17) is 9.15 Å². The molecule has 0 aliphatic carbocycles. The van der Waals surface area contributed by atoms with E-state index in [0.29, 0.717) is 24.0 Å². The van der Waals surface area contributed by atoms with Crippen molar-refractivity contribution in [3.8, 4) is 0 Å². The summed E-state index contributed by atoms with van der Waals surface area (Å²) < 4.78 is 13.2. The molecule has 6 nitrogen and oxygen atoms in total. The van der Waals surface area contributed by atoms with Gasteiger partial charge in [-0.1, -0.05) is 12.1 Å². The number of furan rings is 1. The molecule has 3 saturated heterocycles. The second-order valence-electron chi connectivity index (χ2n) is 9.41. The fraction of sp³-hybridized carbons (Fsp3) is 0.542. The van der Waals surface area contributed by atoms with Crippen LogP contribution in [-0.4, -0.2) is 59.3 Å². The van der Waals surface area contributed by atoms with Gasteiger partial charge in [0.1, 0.15) is 5.76 Å². The summed E-state index contributed by atoms with van der Waals surface area (Å²) in [5, 5.41) is 0. The van der Waals surface area contributed by atoms with E-state index in [1.54, 1.807) is 6.26 Å². The maximum Gasteiger partial charge on any atom is 0.255 e. The molecule has 6 heteroatoms. The molecule has 30 heavy (non-hydrogen) atoms. The number of morpholine rings is 1. The Labute approximate surface area is 176 Å². The van der Waals surface area contributed by atoms with Crippen LogP contribution in [0.1, 0.15) is 35.8 Å². The van der Waals surface area contributed by atoms with Crippen molar-refractivity contribution in [2.45, 2.75) is 44.0 Å². The van der Waals surface area contributed by atoms with E-state index >= 15 is 0 Å². The van der Waals surface area contributed by atoms with E-state index in [1.165, 1.54) is 12.1 Å². The molecule has 0 radical (unpaired) electrons. The van der Waals surface area contributed by atoms with Crippen molar-refractivity contribution in [3.63, 3.8) is 0 Å². The molecule has 2 aromatic heterocycles. The normalized spacial score (nSPS) is 30.9. The van der Waals surface area contributed by atoms with Crippen LogP contribution in [0.5, 0.6) is 0 Å². The van der Waals surface area contributed by atoms with E-state index in [0.717, 1.165) is 63.6 Å². The Bertz CT molecular complexity index is 996. The number of hydrogen-bond acceptors (Lipinski definition) is 5. The lowest BCUT2D eigenvalue weighted by Crippen LogP contribution is -2.48. The molecule has 4 atom stereocenters.